The largest absolute Gasteiger partial charge is 0.0654 e. The molecule has 0 N–H and O–H groups in total. The van der Waals surface area contributed by atoms with Crippen LogP contribution in [0.4, 0.5) is 0 Å². The molecule has 140 valence electrons. The smallest absolute Gasteiger partial charge is 0.0414 e. The van der Waals surface area contributed by atoms with Crippen LogP contribution in [0, 0.1) is 11.8 Å². The molecule has 0 aromatic heterocycles. The minimum atomic E-state index is 0.962. The van der Waals surface area contributed by atoms with Crippen LogP contribution in [0.25, 0.3) is 0 Å². The zero-order valence-corrected chi connectivity index (χ0v) is 17.2. The van der Waals surface area contributed by atoms with Gasteiger partial charge in [0.1, 0.15) is 0 Å². The van der Waals surface area contributed by atoms with Gasteiger partial charge in [0.05, 0.1) is 0 Å². The Labute approximate surface area is 149 Å². The lowest BCUT2D eigenvalue weighted by Gasteiger charge is -2.17. The van der Waals surface area contributed by atoms with Crippen molar-refractivity contribution < 1.29 is 0 Å². The molecule has 2 unspecified atom stereocenters. The highest BCUT2D eigenvalue weighted by Gasteiger charge is 2.09. The summed E-state index contributed by atoms with van der Waals surface area (Å²) in [5.74, 6) is 1.99. The SMILES string of the molecule is CCCCCCCCCC(C)CCCC(CCC)CCCCC. The van der Waals surface area contributed by atoms with E-state index in [2.05, 4.69) is 27.7 Å². The normalized spacial score (nSPS) is 14.1. The van der Waals surface area contributed by atoms with Crippen LogP contribution < -0.4 is 0 Å². The lowest BCUT2D eigenvalue weighted by molar-refractivity contribution is 0.358. The molecule has 0 heteroatoms. The Morgan fingerprint density at radius 3 is 1.57 bits per heavy atom. The van der Waals surface area contributed by atoms with Gasteiger partial charge in [0.25, 0.3) is 0 Å². The van der Waals surface area contributed by atoms with Gasteiger partial charge in [0.15, 0.2) is 0 Å². The molecule has 0 bridgehead atoms. The van der Waals surface area contributed by atoms with Crippen molar-refractivity contribution in [2.45, 2.75) is 137 Å². The van der Waals surface area contributed by atoms with Crippen LogP contribution >= 0.6 is 0 Å². The van der Waals surface area contributed by atoms with Crippen LogP contribution in [0.3, 0.4) is 0 Å². The van der Waals surface area contributed by atoms with Crippen molar-refractivity contribution in [3.8, 4) is 0 Å². The van der Waals surface area contributed by atoms with Gasteiger partial charge in [-0.1, -0.05) is 137 Å². The molecular weight excluding hydrogens is 276 g/mol. The van der Waals surface area contributed by atoms with Gasteiger partial charge in [-0.3, -0.25) is 0 Å². The van der Waals surface area contributed by atoms with E-state index in [-0.39, 0.29) is 0 Å². The second-order valence-corrected chi connectivity index (χ2v) is 8.10. The van der Waals surface area contributed by atoms with E-state index in [1.165, 1.54) is 109 Å². The molecule has 0 aliphatic carbocycles. The summed E-state index contributed by atoms with van der Waals surface area (Å²) in [6.07, 6.45) is 24.7. The van der Waals surface area contributed by atoms with E-state index >= 15 is 0 Å². The van der Waals surface area contributed by atoms with E-state index in [0.29, 0.717) is 0 Å². The second kappa shape index (κ2) is 18.3. The summed E-state index contributed by atoms with van der Waals surface area (Å²) in [6.45, 7) is 9.47. The first kappa shape index (κ1) is 23.0. The van der Waals surface area contributed by atoms with Gasteiger partial charge in [-0.2, -0.15) is 0 Å². The molecule has 0 aliphatic rings. The predicted molar refractivity (Wildman–Crippen MR) is 108 cm³/mol. The van der Waals surface area contributed by atoms with Gasteiger partial charge < -0.3 is 0 Å². The van der Waals surface area contributed by atoms with Crippen LogP contribution in [0.15, 0.2) is 0 Å². The molecule has 0 rings (SSSR count). The Balaban J connectivity index is 3.52. The van der Waals surface area contributed by atoms with Crippen molar-refractivity contribution in [1.82, 2.24) is 0 Å². The third kappa shape index (κ3) is 16.6. The van der Waals surface area contributed by atoms with E-state index in [4.69, 9.17) is 0 Å². The minimum absolute atomic E-state index is 0.962. The van der Waals surface area contributed by atoms with Crippen LogP contribution in [0.2, 0.25) is 0 Å². The van der Waals surface area contributed by atoms with Crippen molar-refractivity contribution in [3.63, 3.8) is 0 Å². The quantitative estimate of drug-likeness (QED) is 0.221. The van der Waals surface area contributed by atoms with Crippen LogP contribution in [-0.2, 0) is 0 Å². The zero-order chi connectivity index (χ0) is 17.2. The van der Waals surface area contributed by atoms with Gasteiger partial charge in [-0.05, 0) is 11.8 Å². The van der Waals surface area contributed by atoms with Crippen LogP contribution in [-0.4, -0.2) is 0 Å². The van der Waals surface area contributed by atoms with Gasteiger partial charge in [0.2, 0.25) is 0 Å². The summed E-state index contributed by atoms with van der Waals surface area (Å²) in [5.41, 5.74) is 0. The van der Waals surface area contributed by atoms with Gasteiger partial charge in [-0.25, -0.2) is 0 Å². The van der Waals surface area contributed by atoms with E-state index in [9.17, 15) is 0 Å². The average Bonchev–Trinajstić information content (AvgIpc) is 2.54. The lowest BCUT2D eigenvalue weighted by atomic mass is 9.89. The van der Waals surface area contributed by atoms with Crippen molar-refractivity contribution in [3.05, 3.63) is 0 Å². The average molecular weight is 325 g/mol. The second-order valence-electron chi connectivity index (χ2n) is 8.10. The number of unbranched alkanes of at least 4 members (excludes halogenated alkanes) is 8. The molecule has 2 atom stereocenters. The fourth-order valence-corrected chi connectivity index (χ4v) is 3.87. The van der Waals surface area contributed by atoms with Gasteiger partial charge >= 0.3 is 0 Å². The fraction of sp³-hybridized carbons (Fsp3) is 1.00. The summed E-state index contributed by atoms with van der Waals surface area (Å²) in [5, 5.41) is 0. The Hall–Kier alpha value is 0. The Kier molecular flexibility index (Phi) is 18.3. The molecule has 0 aromatic carbocycles. The molecule has 0 amide bonds. The third-order valence-corrected chi connectivity index (χ3v) is 5.52. The maximum atomic E-state index is 2.49. The fourth-order valence-electron chi connectivity index (χ4n) is 3.87. The summed E-state index contributed by atoms with van der Waals surface area (Å²) in [7, 11) is 0. The van der Waals surface area contributed by atoms with E-state index in [1.807, 2.05) is 0 Å². The standard InChI is InChI=1S/C23H48/c1-5-8-10-11-12-13-15-18-22(4)19-16-21-23(17-7-3)20-14-9-6-2/h22-23H,5-21H2,1-4H3. The summed E-state index contributed by atoms with van der Waals surface area (Å²) in [6, 6.07) is 0. The molecule has 0 saturated carbocycles. The number of hydrogen-bond donors (Lipinski definition) is 0. The molecule has 0 spiro atoms. The Bertz CT molecular complexity index is 208. The molecule has 0 heterocycles. The monoisotopic (exact) mass is 324 g/mol. The molecular formula is C23H48. The predicted octanol–water partition coefficient (Wildman–Crippen LogP) is 8.93. The maximum absolute atomic E-state index is 2.49. The van der Waals surface area contributed by atoms with Crippen molar-refractivity contribution in [1.29, 1.82) is 0 Å². The Morgan fingerprint density at radius 1 is 0.435 bits per heavy atom. The van der Waals surface area contributed by atoms with Crippen LogP contribution in [0.5, 0.6) is 0 Å². The highest BCUT2D eigenvalue weighted by Crippen LogP contribution is 2.24. The van der Waals surface area contributed by atoms with E-state index in [1.54, 1.807) is 0 Å². The Morgan fingerprint density at radius 2 is 0.913 bits per heavy atom. The molecule has 0 radical (unpaired) electrons. The molecule has 0 saturated heterocycles. The van der Waals surface area contributed by atoms with Gasteiger partial charge in [0, 0.05) is 0 Å². The van der Waals surface area contributed by atoms with Crippen LogP contribution in [0.1, 0.15) is 137 Å². The first-order chi connectivity index (χ1) is 11.2. The minimum Gasteiger partial charge on any atom is -0.0654 e. The number of hydrogen-bond acceptors (Lipinski definition) is 0. The zero-order valence-electron chi connectivity index (χ0n) is 17.2. The molecule has 0 nitrogen and oxygen atoms in total. The molecule has 0 aromatic rings. The van der Waals surface area contributed by atoms with E-state index < -0.39 is 0 Å². The van der Waals surface area contributed by atoms with Crippen molar-refractivity contribution in [2.75, 3.05) is 0 Å². The summed E-state index contributed by atoms with van der Waals surface area (Å²) >= 11 is 0. The molecule has 23 heavy (non-hydrogen) atoms. The molecule has 0 aliphatic heterocycles. The first-order valence-corrected chi connectivity index (χ1v) is 11.2. The summed E-state index contributed by atoms with van der Waals surface area (Å²) < 4.78 is 0. The van der Waals surface area contributed by atoms with Crippen molar-refractivity contribution in [2.24, 2.45) is 11.8 Å². The first-order valence-electron chi connectivity index (χ1n) is 11.2. The molecule has 0 fully saturated rings. The lowest BCUT2D eigenvalue weighted by Crippen LogP contribution is -2.02. The maximum Gasteiger partial charge on any atom is -0.0414 e. The summed E-state index contributed by atoms with van der Waals surface area (Å²) in [4.78, 5) is 0. The highest BCUT2D eigenvalue weighted by atomic mass is 14.1. The number of rotatable bonds is 18. The van der Waals surface area contributed by atoms with E-state index in [0.717, 1.165) is 11.8 Å². The van der Waals surface area contributed by atoms with Crippen molar-refractivity contribution >= 4 is 0 Å². The third-order valence-electron chi connectivity index (χ3n) is 5.52. The topological polar surface area (TPSA) is 0 Å². The van der Waals surface area contributed by atoms with Gasteiger partial charge in [-0.15, -0.1) is 0 Å². The highest BCUT2D eigenvalue weighted by molar-refractivity contribution is 4.62.